The third kappa shape index (κ3) is 2.02. The highest BCUT2D eigenvalue weighted by Crippen LogP contribution is 2.23. The van der Waals surface area contributed by atoms with E-state index in [2.05, 4.69) is 4.98 Å². The summed E-state index contributed by atoms with van der Waals surface area (Å²) >= 11 is 0. The first kappa shape index (κ1) is 10.5. The van der Waals surface area contributed by atoms with Crippen LogP contribution in [0.5, 0.6) is 5.75 Å². The number of hydrogen-bond donors (Lipinski definition) is 2. The number of pyridine rings is 1. The Morgan fingerprint density at radius 3 is 2.71 bits per heavy atom. The first-order chi connectivity index (χ1) is 6.56. The molecule has 0 aliphatic carbocycles. The predicted octanol–water partition coefficient (Wildman–Crippen LogP) is 1.19. The highest BCUT2D eigenvalue weighted by molar-refractivity contribution is 5.79. The third-order valence-electron chi connectivity index (χ3n) is 2.11. The Labute approximate surface area is 83.6 Å². The molecule has 1 heterocycles. The van der Waals surface area contributed by atoms with Gasteiger partial charge in [0.05, 0.1) is 18.6 Å². The summed E-state index contributed by atoms with van der Waals surface area (Å²) in [7, 11) is 1.63. The molecule has 0 bridgehead atoms. The maximum absolute atomic E-state index is 7.21. The highest BCUT2D eigenvalue weighted by atomic mass is 16.5. The lowest BCUT2D eigenvalue weighted by molar-refractivity contribution is 0.407. The molecule has 0 saturated heterocycles. The van der Waals surface area contributed by atoms with Crippen molar-refractivity contribution in [1.29, 1.82) is 5.41 Å². The zero-order chi connectivity index (χ0) is 10.7. The molecule has 1 aromatic heterocycles. The second-order valence-electron chi connectivity index (χ2n) is 3.25. The molecule has 0 radical (unpaired) electrons. The van der Waals surface area contributed by atoms with E-state index in [9.17, 15) is 0 Å². The molecule has 14 heavy (non-hydrogen) atoms. The molecule has 0 amide bonds. The molecule has 0 spiro atoms. The summed E-state index contributed by atoms with van der Waals surface area (Å²) in [4.78, 5) is 4.23. The molecule has 4 nitrogen and oxygen atoms in total. The molecule has 3 N–H and O–H groups in total. The monoisotopic (exact) mass is 193 g/mol. The summed E-state index contributed by atoms with van der Waals surface area (Å²) < 4.78 is 5.25. The molecule has 76 valence electrons. The molecule has 0 fully saturated rings. The third-order valence-corrected chi connectivity index (χ3v) is 2.11. The Balaban J connectivity index is 3.14. The molecule has 0 atom stereocenters. The van der Waals surface area contributed by atoms with Gasteiger partial charge in [0, 0.05) is 23.7 Å². The number of hydrogen-bond acceptors (Lipinski definition) is 3. The number of nitrogens with one attached hydrogen (secondary N) is 1. The van der Waals surface area contributed by atoms with Crippen LogP contribution in [-0.2, 0) is 6.42 Å². The lowest BCUT2D eigenvalue weighted by Gasteiger charge is -2.11. The van der Waals surface area contributed by atoms with E-state index in [1.807, 2.05) is 13.8 Å². The Morgan fingerprint density at radius 2 is 2.21 bits per heavy atom. The Morgan fingerprint density at radius 1 is 1.57 bits per heavy atom. The van der Waals surface area contributed by atoms with Gasteiger partial charge >= 0.3 is 0 Å². The van der Waals surface area contributed by atoms with Crippen molar-refractivity contribution in [2.75, 3.05) is 7.11 Å². The molecule has 0 aromatic carbocycles. The smallest absolute Gasteiger partial charge is 0.128 e. The summed E-state index contributed by atoms with van der Waals surface area (Å²) in [6.45, 7) is 3.87. The molecule has 0 unspecified atom stereocenters. The largest absolute Gasteiger partial charge is 0.496 e. The number of aryl methyl sites for hydroxylation is 1. The maximum atomic E-state index is 7.21. The van der Waals surface area contributed by atoms with Gasteiger partial charge in [-0.3, -0.25) is 10.4 Å². The van der Waals surface area contributed by atoms with Crippen molar-refractivity contribution in [2.24, 2.45) is 5.73 Å². The van der Waals surface area contributed by atoms with Crippen LogP contribution >= 0.6 is 0 Å². The minimum Gasteiger partial charge on any atom is -0.496 e. The topological polar surface area (TPSA) is 72.0 Å². The van der Waals surface area contributed by atoms with E-state index in [0.29, 0.717) is 6.42 Å². The fourth-order valence-corrected chi connectivity index (χ4v) is 1.43. The number of aromatic nitrogens is 1. The number of nitrogens with zero attached hydrogens (tertiary/aromatic N) is 1. The van der Waals surface area contributed by atoms with Crippen LogP contribution in [0.3, 0.4) is 0 Å². The molecule has 0 aliphatic rings. The second kappa shape index (κ2) is 4.09. The Hall–Kier alpha value is -1.58. The molecule has 0 aliphatic heterocycles. The summed E-state index contributed by atoms with van der Waals surface area (Å²) in [6.07, 6.45) is 2.12. The minimum absolute atomic E-state index is 0.117. The van der Waals surface area contributed by atoms with E-state index in [0.717, 1.165) is 22.6 Å². The van der Waals surface area contributed by atoms with Crippen molar-refractivity contribution in [3.05, 3.63) is 23.0 Å². The maximum Gasteiger partial charge on any atom is 0.128 e. The lowest BCUT2D eigenvalue weighted by Crippen LogP contribution is -2.15. The van der Waals surface area contributed by atoms with Crippen molar-refractivity contribution < 1.29 is 4.74 Å². The van der Waals surface area contributed by atoms with Crippen molar-refractivity contribution in [3.63, 3.8) is 0 Å². The standard InChI is InChI=1S/C10H15N3O/c1-6-5-13-8(4-9(11)12)7(2)10(6)14-3/h5H,4H2,1-3H3,(H3,11,12). The van der Waals surface area contributed by atoms with Gasteiger partial charge in [0.2, 0.25) is 0 Å². The summed E-state index contributed by atoms with van der Waals surface area (Å²) in [6, 6.07) is 0. The van der Waals surface area contributed by atoms with E-state index in [1.54, 1.807) is 13.3 Å². The van der Waals surface area contributed by atoms with Crippen LogP contribution < -0.4 is 10.5 Å². The average molecular weight is 193 g/mol. The average Bonchev–Trinajstić information content (AvgIpc) is 2.10. The summed E-state index contributed by atoms with van der Waals surface area (Å²) in [5.41, 5.74) is 8.09. The molecule has 1 rings (SSSR count). The van der Waals surface area contributed by atoms with E-state index in [-0.39, 0.29) is 5.84 Å². The van der Waals surface area contributed by atoms with Crippen molar-refractivity contribution in [2.45, 2.75) is 20.3 Å². The number of amidine groups is 1. The Kier molecular flexibility index (Phi) is 3.06. The van der Waals surface area contributed by atoms with Crippen molar-refractivity contribution in [1.82, 2.24) is 4.98 Å². The second-order valence-corrected chi connectivity index (χ2v) is 3.25. The van der Waals surface area contributed by atoms with Gasteiger partial charge in [0.15, 0.2) is 0 Å². The van der Waals surface area contributed by atoms with Crippen molar-refractivity contribution >= 4 is 5.84 Å². The van der Waals surface area contributed by atoms with Crippen LogP contribution in [-0.4, -0.2) is 17.9 Å². The van der Waals surface area contributed by atoms with E-state index in [1.165, 1.54) is 0 Å². The number of rotatable bonds is 3. The SMILES string of the molecule is COc1c(C)cnc(CC(=N)N)c1C. The predicted molar refractivity (Wildman–Crippen MR) is 55.9 cm³/mol. The van der Waals surface area contributed by atoms with E-state index in [4.69, 9.17) is 15.9 Å². The Bertz CT molecular complexity index is 361. The zero-order valence-electron chi connectivity index (χ0n) is 8.72. The number of ether oxygens (including phenoxy) is 1. The van der Waals surface area contributed by atoms with Gasteiger partial charge in [-0.1, -0.05) is 0 Å². The number of nitrogens with two attached hydrogens (primary N) is 1. The lowest BCUT2D eigenvalue weighted by atomic mass is 10.1. The minimum atomic E-state index is 0.117. The molecule has 0 saturated carbocycles. The highest BCUT2D eigenvalue weighted by Gasteiger charge is 2.09. The van der Waals surface area contributed by atoms with Gasteiger partial charge in [-0.25, -0.2) is 0 Å². The fourth-order valence-electron chi connectivity index (χ4n) is 1.43. The first-order valence-corrected chi connectivity index (χ1v) is 4.38. The van der Waals surface area contributed by atoms with Gasteiger partial charge in [-0.15, -0.1) is 0 Å². The zero-order valence-corrected chi connectivity index (χ0v) is 8.72. The molecule has 4 heteroatoms. The molecular formula is C10H15N3O. The normalized spacial score (nSPS) is 9.93. The van der Waals surface area contributed by atoms with Crippen LogP contribution in [0.25, 0.3) is 0 Å². The van der Waals surface area contributed by atoms with E-state index < -0.39 is 0 Å². The van der Waals surface area contributed by atoms with Gasteiger partial charge in [0.1, 0.15) is 5.75 Å². The summed E-state index contributed by atoms with van der Waals surface area (Å²) in [5, 5.41) is 7.21. The van der Waals surface area contributed by atoms with Crippen LogP contribution in [0.15, 0.2) is 6.20 Å². The fraction of sp³-hybridized carbons (Fsp3) is 0.400. The van der Waals surface area contributed by atoms with Gasteiger partial charge in [0.25, 0.3) is 0 Å². The molecular weight excluding hydrogens is 178 g/mol. The van der Waals surface area contributed by atoms with Crippen LogP contribution in [0, 0.1) is 19.3 Å². The summed E-state index contributed by atoms with van der Waals surface area (Å²) in [5.74, 6) is 0.947. The molecule has 1 aromatic rings. The van der Waals surface area contributed by atoms with Gasteiger partial charge in [-0.05, 0) is 13.8 Å². The van der Waals surface area contributed by atoms with E-state index >= 15 is 0 Å². The van der Waals surface area contributed by atoms with Crippen LogP contribution in [0.1, 0.15) is 16.8 Å². The van der Waals surface area contributed by atoms with Crippen LogP contribution in [0.4, 0.5) is 0 Å². The first-order valence-electron chi connectivity index (χ1n) is 4.38. The van der Waals surface area contributed by atoms with Crippen molar-refractivity contribution in [3.8, 4) is 5.75 Å². The van der Waals surface area contributed by atoms with Crippen LogP contribution in [0.2, 0.25) is 0 Å². The quantitative estimate of drug-likeness (QED) is 0.559. The number of methoxy groups -OCH3 is 1. The van der Waals surface area contributed by atoms with Gasteiger partial charge < -0.3 is 10.5 Å². The van der Waals surface area contributed by atoms with Gasteiger partial charge in [-0.2, -0.15) is 0 Å².